The highest BCUT2D eigenvalue weighted by Crippen LogP contribution is 2.22. The minimum Gasteiger partial charge on any atom is -0.368 e. The van der Waals surface area contributed by atoms with Crippen molar-refractivity contribution < 1.29 is 9.59 Å². The molecule has 1 N–H and O–H groups in total. The monoisotopic (exact) mass is 466 g/mol. The average molecular weight is 467 g/mol. The molecule has 0 bridgehead atoms. The molecule has 0 aliphatic carbocycles. The molecule has 0 unspecified atom stereocenters. The number of halogens is 1. The van der Waals surface area contributed by atoms with E-state index < -0.39 is 0 Å². The molecule has 3 aromatic rings. The molecule has 1 fully saturated rings. The summed E-state index contributed by atoms with van der Waals surface area (Å²) in [5.41, 5.74) is 2.30. The standard InChI is InChI=1S/C24H27ClN6O2/c1-17(2)23-20(15-28-31(23)21-5-3-4-10-26-21)24(33)27-16-22(32)30-13-11-29(12-14-30)19-8-6-18(25)7-9-19/h3-10,15,17H,11-14,16H2,1-2H3,(H,27,33). The summed E-state index contributed by atoms with van der Waals surface area (Å²) in [6.07, 6.45) is 3.22. The molecule has 0 spiro atoms. The summed E-state index contributed by atoms with van der Waals surface area (Å²) < 4.78 is 1.68. The minimum absolute atomic E-state index is 0.0481. The molecular formula is C24H27ClN6O2. The summed E-state index contributed by atoms with van der Waals surface area (Å²) in [5, 5.41) is 7.85. The molecule has 0 radical (unpaired) electrons. The molecule has 172 valence electrons. The SMILES string of the molecule is CC(C)c1c(C(=O)NCC(=O)N2CCN(c3ccc(Cl)cc3)CC2)cnn1-c1ccccn1. The van der Waals surface area contributed by atoms with Gasteiger partial charge in [-0.05, 0) is 42.3 Å². The average Bonchev–Trinajstić information content (AvgIpc) is 3.29. The normalized spacial score (nSPS) is 13.9. The first kappa shape index (κ1) is 22.8. The topological polar surface area (TPSA) is 83.4 Å². The first-order chi connectivity index (χ1) is 15.9. The summed E-state index contributed by atoms with van der Waals surface area (Å²) in [6, 6.07) is 13.2. The molecule has 33 heavy (non-hydrogen) atoms. The van der Waals surface area contributed by atoms with Gasteiger partial charge in [-0.25, -0.2) is 9.67 Å². The molecule has 8 nitrogen and oxygen atoms in total. The molecule has 9 heteroatoms. The number of hydrogen-bond donors (Lipinski definition) is 1. The van der Waals surface area contributed by atoms with Crippen molar-refractivity contribution in [1.82, 2.24) is 25.0 Å². The number of pyridine rings is 1. The van der Waals surface area contributed by atoms with E-state index in [1.54, 1.807) is 15.8 Å². The predicted octanol–water partition coefficient (Wildman–Crippen LogP) is 3.12. The van der Waals surface area contributed by atoms with Crippen LogP contribution in [-0.2, 0) is 4.79 Å². The largest absolute Gasteiger partial charge is 0.368 e. The fraction of sp³-hybridized carbons (Fsp3) is 0.333. The van der Waals surface area contributed by atoms with Crippen molar-refractivity contribution in [2.24, 2.45) is 0 Å². The highest BCUT2D eigenvalue weighted by atomic mass is 35.5. The molecule has 1 saturated heterocycles. The van der Waals surface area contributed by atoms with Crippen LogP contribution >= 0.6 is 11.6 Å². The third-order valence-corrected chi connectivity index (χ3v) is 5.94. The van der Waals surface area contributed by atoms with Gasteiger partial charge in [0.1, 0.15) is 0 Å². The predicted molar refractivity (Wildman–Crippen MR) is 128 cm³/mol. The van der Waals surface area contributed by atoms with Crippen LogP contribution in [0.15, 0.2) is 54.9 Å². The Bertz CT molecular complexity index is 1110. The zero-order valence-electron chi connectivity index (χ0n) is 18.7. The van der Waals surface area contributed by atoms with Crippen LogP contribution in [0.25, 0.3) is 5.82 Å². The van der Waals surface area contributed by atoms with Crippen LogP contribution in [0.5, 0.6) is 0 Å². The van der Waals surface area contributed by atoms with Gasteiger partial charge in [0, 0.05) is 43.1 Å². The third-order valence-electron chi connectivity index (χ3n) is 5.69. The lowest BCUT2D eigenvalue weighted by molar-refractivity contribution is -0.130. The number of anilines is 1. The van der Waals surface area contributed by atoms with Gasteiger partial charge in [-0.15, -0.1) is 0 Å². The lowest BCUT2D eigenvalue weighted by Gasteiger charge is -2.36. The van der Waals surface area contributed by atoms with Gasteiger partial charge in [-0.3, -0.25) is 9.59 Å². The summed E-state index contributed by atoms with van der Waals surface area (Å²) in [6.45, 7) is 6.62. The van der Waals surface area contributed by atoms with E-state index in [4.69, 9.17) is 11.6 Å². The highest BCUT2D eigenvalue weighted by Gasteiger charge is 2.24. The minimum atomic E-state index is -0.311. The number of hydrogen-bond acceptors (Lipinski definition) is 5. The van der Waals surface area contributed by atoms with Crippen molar-refractivity contribution in [3.05, 3.63) is 71.1 Å². The van der Waals surface area contributed by atoms with E-state index >= 15 is 0 Å². The van der Waals surface area contributed by atoms with Gasteiger partial charge in [0.25, 0.3) is 5.91 Å². The number of nitrogens with zero attached hydrogens (tertiary/aromatic N) is 5. The van der Waals surface area contributed by atoms with E-state index in [-0.39, 0.29) is 24.3 Å². The molecule has 1 aliphatic heterocycles. The number of carbonyl (C=O) groups is 2. The van der Waals surface area contributed by atoms with Gasteiger partial charge in [0.2, 0.25) is 5.91 Å². The highest BCUT2D eigenvalue weighted by molar-refractivity contribution is 6.30. The van der Waals surface area contributed by atoms with Crippen molar-refractivity contribution >= 4 is 29.1 Å². The van der Waals surface area contributed by atoms with Crippen LogP contribution < -0.4 is 10.2 Å². The Morgan fingerprint density at radius 2 is 1.79 bits per heavy atom. The van der Waals surface area contributed by atoms with E-state index in [1.165, 1.54) is 6.20 Å². The molecule has 0 atom stereocenters. The fourth-order valence-electron chi connectivity index (χ4n) is 3.98. The number of nitrogens with one attached hydrogen (secondary N) is 1. The molecule has 1 aromatic carbocycles. The number of carbonyl (C=O) groups excluding carboxylic acids is 2. The Kier molecular flexibility index (Phi) is 6.93. The van der Waals surface area contributed by atoms with Crippen LogP contribution in [0.1, 0.15) is 35.8 Å². The number of benzene rings is 1. The molecule has 2 amide bonds. The van der Waals surface area contributed by atoms with E-state index in [2.05, 4.69) is 20.3 Å². The molecular weight excluding hydrogens is 440 g/mol. The van der Waals surface area contributed by atoms with E-state index in [0.717, 1.165) is 24.5 Å². The maximum Gasteiger partial charge on any atom is 0.255 e. The number of aromatic nitrogens is 3. The van der Waals surface area contributed by atoms with Gasteiger partial charge in [0.05, 0.1) is 24.0 Å². The Balaban J connectivity index is 1.35. The number of amides is 2. The Morgan fingerprint density at radius 3 is 2.42 bits per heavy atom. The van der Waals surface area contributed by atoms with Gasteiger partial charge in [-0.1, -0.05) is 31.5 Å². The van der Waals surface area contributed by atoms with Crippen LogP contribution in [0.3, 0.4) is 0 Å². The quantitative estimate of drug-likeness (QED) is 0.603. The summed E-state index contributed by atoms with van der Waals surface area (Å²) in [4.78, 5) is 33.9. The van der Waals surface area contributed by atoms with E-state index in [1.807, 2.05) is 56.3 Å². The summed E-state index contributed by atoms with van der Waals surface area (Å²) in [7, 11) is 0. The molecule has 2 aromatic heterocycles. The molecule has 4 rings (SSSR count). The smallest absolute Gasteiger partial charge is 0.255 e. The number of rotatable bonds is 6. The van der Waals surface area contributed by atoms with Gasteiger partial charge < -0.3 is 15.1 Å². The Hall–Kier alpha value is -3.39. The number of piperazine rings is 1. The second-order valence-corrected chi connectivity index (χ2v) is 8.66. The van der Waals surface area contributed by atoms with Gasteiger partial charge in [-0.2, -0.15) is 5.10 Å². The van der Waals surface area contributed by atoms with Crippen LogP contribution in [0, 0.1) is 0 Å². The van der Waals surface area contributed by atoms with E-state index in [0.29, 0.717) is 29.5 Å². The van der Waals surface area contributed by atoms with Crippen LogP contribution in [0.4, 0.5) is 5.69 Å². The lowest BCUT2D eigenvalue weighted by Crippen LogP contribution is -2.51. The van der Waals surface area contributed by atoms with Crippen molar-refractivity contribution in [2.45, 2.75) is 19.8 Å². The van der Waals surface area contributed by atoms with Crippen molar-refractivity contribution in [1.29, 1.82) is 0 Å². The Morgan fingerprint density at radius 1 is 1.06 bits per heavy atom. The zero-order valence-corrected chi connectivity index (χ0v) is 19.5. The second-order valence-electron chi connectivity index (χ2n) is 8.22. The maximum absolute atomic E-state index is 12.9. The first-order valence-electron chi connectivity index (χ1n) is 11.0. The first-order valence-corrected chi connectivity index (χ1v) is 11.4. The lowest BCUT2D eigenvalue weighted by atomic mass is 10.1. The molecule has 3 heterocycles. The Labute approximate surface area is 198 Å². The summed E-state index contributed by atoms with van der Waals surface area (Å²) >= 11 is 5.97. The van der Waals surface area contributed by atoms with Crippen LogP contribution in [-0.4, -0.2) is 64.2 Å². The molecule has 0 saturated carbocycles. The van der Waals surface area contributed by atoms with Crippen molar-refractivity contribution in [3.8, 4) is 5.82 Å². The van der Waals surface area contributed by atoms with Crippen LogP contribution in [0.2, 0.25) is 5.02 Å². The van der Waals surface area contributed by atoms with Crippen molar-refractivity contribution in [3.63, 3.8) is 0 Å². The fourth-order valence-corrected chi connectivity index (χ4v) is 4.10. The van der Waals surface area contributed by atoms with Gasteiger partial charge in [0.15, 0.2) is 5.82 Å². The van der Waals surface area contributed by atoms with Gasteiger partial charge >= 0.3 is 0 Å². The zero-order chi connectivity index (χ0) is 23.4. The van der Waals surface area contributed by atoms with E-state index in [9.17, 15) is 9.59 Å². The molecule has 1 aliphatic rings. The summed E-state index contributed by atoms with van der Waals surface area (Å²) in [5.74, 6) is 0.290. The van der Waals surface area contributed by atoms with Crippen molar-refractivity contribution in [2.75, 3.05) is 37.6 Å². The third kappa shape index (κ3) is 5.17. The second kappa shape index (κ2) is 10.0. The maximum atomic E-state index is 12.9.